The molecule has 0 aliphatic rings. The molecule has 0 saturated heterocycles. The third-order valence-electron chi connectivity index (χ3n) is 2.89. The molecule has 0 unspecified atom stereocenters. The molecule has 0 atom stereocenters. The van der Waals surface area contributed by atoms with E-state index in [1.165, 1.54) is 6.07 Å². The Kier molecular flexibility index (Phi) is 3.89. The number of hydrogen-bond acceptors (Lipinski definition) is 3. The zero-order valence-electron chi connectivity index (χ0n) is 11.2. The number of halogens is 1. The standard InChI is InChI=1S/C15H15FN2O2/c1-9-6-7-12(16)13(8-9)20-14-10(2)4-3-5-11(14)15(17)18-19/h3-8,19H,1-2H3,(H2,17,18). The summed E-state index contributed by atoms with van der Waals surface area (Å²) in [6.07, 6.45) is 0. The summed E-state index contributed by atoms with van der Waals surface area (Å²) in [5, 5.41) is 11.8. The lowest BCUT2D eigenvalue weighted by atomic mass is 10.1. The van der Waals surface area contributed by atoms with Crippen LogP contribution in [0.25, 0.3) is 0 Å². The van der Waals surface area contributed by atoms with Gasteiger partial charge in [-0.25, -0.2) is 4.39 Å². The van der Waals surface area contributed by atoms with Gasteiger partial charge in [0.1, 0.15) is 5.75 Å². The molecule has 0 radical (unpaired) electrons. The van der Waals surface area contributed by atoms with Gasteiger partial charge in [-0.2, -0.15) is 0 Å². The lowest BCUT2D eigenvalue weighted by molar-refractivity contribution is 0.318. The molecule has 20 heavy (non-hydrogen) atoms. The third kappa shape index (κ3) is 2.71. The van der Waals surface area contributed by atoms with Crippen molar-refractivity contribution >= 4 is 5.84 Å². The number of benzene rings is 2. The second kappa shape index (κ2) is 5.61. The summed E-state index contributed by atoms with van der Waals surface area (Å²) in [6.45, 7) is 3.64. The van der Waals surface area contributed by atoms with Gasteiger partial charge in [-0.3, -0.25) is 0 Å². The van der Waals surface area contributed by atoms with E-state index in [0.29, 0.717) is 11.3 Å². The van der Waals surface area contributed by atoms with Crippen LogP contribution in [0.1, 0.15) is 16.7 Å². The minimum Gasteiger partial charge on any atom is -0.453 e. The minimum atomic E-state index is -0.468. The van der Waals surface area contributed by atoms with Crippen LogP contribution in [0.2, 0.25) is 0 Å². The van der Waals surface area contributed by atoms with Gasteiger partial charge >= 0.3 is 0 Å². The maximum Gasteiger partial charge on any atom is 0.173 e. The van der Waals surface area contributed by atoms with Gasteiger partial charge in [-0.1, -0.05) is 23.4 Å². The van der Waals surface area contributed by atoms with Crippen molar-refractivity contribution in [3.8, 4) is 11.5 Å². The molecule has 0 bridgehead atoms. The maximum atomic E-state index is 13.8. The van der Waals surface area contributed by atoms with Crippen molar-refractivity contribution in [3.63, 3.8) is 0 Å². The van der Waals surface area contributed by atoms with Gasteiger partial charge in [0, 0.05) is 0 Å². The van der Waals surface area contributed by atoms with E-state index in [2.05, 4.69) is 5.16 Å². The zero-order valence-corrected chi connectivity index (χ0v) is 11.2. The van der Waals surface area contributed by atoms with Crippen LogP contribution >= 0.6 is 0 Å². The van der Waals surface area contributed by atoms with E-state index in [9.17, 15) is 4.39 Å². The Morgan fingerprint density at radius 1 is 1.25 bits per heavy atom. The monoisotopic (exact) mass is 274 g/mol. The number of amidine groups is 1. The van der Waals surface area contributed by atoms with E-state index in [0.717, 1.165) is 11.1 Å². The number of nitrogens with two attached hydrogens (primary N) is 1. The Balaban J connectivity index is 2.50. The average molecular weight is 274 g/mol. The van der Waals surface area contributed by atoms with Crippen LogP contribution in [-0.2, 0) is 0 Å². The van der Waals surface area contributed by atoms with Gasteiger partial charge in [-0.05, 0) is 43.2 Å². The molecular formula is C15H15FN2O2. The molecule has 2 aromatic carbocycles. The Morgan fingerprint density at radius 2 is 2.00 bits per heavy atom. The van der Waals surface area contributed by atoms with E-state index in [-0.39, 0.29) is 11.6 Å². The fourth-order valence-electron chi connectivity index (χ4n) is 1.84. The van der Waals surface area contributed by atoms with Crippen molar-refractivity contribution in [2.75, 3.05) is 0 Å². The highest BCUT2D eigenvalue weighted by Crippen LogP contribution is 2.31. The van der Waals surface area contributed by atoms with Crippen LogP contribution in [0.3, 0.4) is 0 Å². The molecule has 0 fully saturated rings. The molecule has 0 saturated carbocycles. The summed E-state index contributed by atoms with van der Waals surface area (Å²) >= 11 is 0. The molecular weight excluding hydrogens is 259 g/mol. The third-order valence-corrected chi connectivity index (χ3v) is 2.89. The quantitative estimate of drug-likeness (QED) is 0.390. The molecule has 0 aromatic heterocycles. The normalized spacial score (nSPS) is 11.4. The lowest BCUT2D eigenvalue weighted by Gasteiger charge is -2.14. The van der Waals surface area contributed by atoms with Gasteiger partial charge in [0.2, 0.25) is 0 Å². The second-order valence-electron chi connectivity index (χ2n) is 4.47. The number of nitrogens with zero attached hydrogens (tertiary/aromatic N) is 1. The molecule has 4 nitrogen and oxygen atoms in total. The van der Waals surface area contributed by atoms with Crippen LogP contribution < -0.4 is 10.5 Å². The van der Waals surface area contributed by atoms with Gasteiger partial charge < -0.3 is 15.7 Å². The molecule has 0 heterocycles. The highest BCUT2D eigenvalue weighted by atomic mass is 19.1. The summed E-state index contributed by atoms with van der Waals surface area (Å²) in [5.41, 5.74) is 7.66. The molecule has 5 heteroatoms. The van der Waals surface area contributed by atoms with Gasteiger partial charge in [0.15, 0.2) is 17.4 Å². The number of rotatable bonds is 3. The Hall–Kier alpha value is -2.56. The number of aryl methyl sites for hydroxylation is 2. The highest BCUT2D eigenvalue weighted by Gasteiger charge is 2.14. The SMILES string of the molecule is Cc1ccc(F)c(Oc2c(C)cccc2/C(N)=N/O)c1. The Labute approximate surface area is 116 Å². The van der Waals surface area contributed by atoms with E-state index in [4.69, 9.17) is 15.7 Å². The smallest absolute Gasteiger partial charge is 0.173 e. The summed E-state index contributed by atoms with van der Waals surface area (Å²) in [4.78, 5) is 0. The molecule has 0 aliphatic heterocycles. The van der Waals surface area contributed by atoms with E-state index in [1.54, 1.807) is 37.3 Å². The van der Waals surface area contributed by atoms with Crippen molar-refractivity contribution in [2.24, 2.45) is 10.9 Å². The van der Waals surface area contributed by atoms with Gasteiger partial charge in [0.05, 0.1) is 5.56 Å². The summed E-state index contributed by atoms with van der Waals surface area (Å²) in [5.74, 6) is -0.0836. The van der Waals surface area contributed by atoms with Crippen LogP contribution in [0.5, 0.6) is 11.5 Å². The summed E-state index contributed by atoms with van der Waals surface area (Å²) in [7, 11) is 0. The van der Waals surface area contributed by atoms with Gasteiger partial charge in [0.25, 0.3) is 0 Å². The first kappa shape index (κ1) is 13.9. The Bertz CT molecular complexity index is 669. The van der Waals surface area contributed by atoms with Crippen molar-refractivity contribution in [1.82, 2.24) is 0 Å². The van der Waals surface area contributed by atoms with Crippen LogP contribution in [0, 0.1) is 19.7 Å². The fraction of sp³-hybridized carbons (Fsp3) is 0.133. The zero-order chi connectivity index (χ0) is 14.7. The molecule has 0 aliphatic carbocycles. The predicted molar refractivity (Wildman–Crippen MR) is 74.9 cm³/mol. The van der Waals surface area contributed by atoms with Crippen LogP contribution in [0.4, 0.5) is 4.39 Å². The van der Waals surface area contributed by atoms with Crippen LogP contribution in [0.15, 0.2) is 41.6 Å². The molecule has 2 rings (SSSR count). The summed E-state index contributed by atoms with van der Waals surface area (Å²) < 4.78 is 19.4. The number of ether oxygens (including phenoxy) is 1. The number of hydrogen-bond donors (Lipinski definition) is 2. The van der Waals surface area contributed by atoms with E-state index in [1.807, 2.05) is 6.92 Å². The van der Waals surface area contributed by atoms with Gasteiger partial charge in [-0.15, -0.1) is 0 Å². The predicted octanol–water partition coefficient (Wildman–Crippen LogP) is 3.33. The molecule has 104 valence electrons. The average Bonchev–Trinajstić information content (AvgIpc) is 2.44. The second-order valence-corrected chi connectivity index (χ2v) is 4.47. The number of oxime groups is 1. The topological polar surface area (TPSA) is 67.8 Å². The van der Waals surface area contributed by atoms with Crippen molar-refractivity contribution in [3.05, 3.63) is 58.9 Å². The van der Waals surface area contributed by atoms with Crippen molar-refractivity contribution < 1.29 is 14.3 Å². The Morgan fingerprint density at radius 3 is 2.70 bits per heavy atom. The fourth-order valence-corrected chi connectivity index (χ4v) is 1.84. The maximum absolute atomic E-state index is 13.8. The summed E-state index contributed by atoms with van der Waals surface area (Å²) in [6, 6.07) is 9.79. The van der Waals surface area contributed by atoms with Crippen molar-refractivity contribution in [2.45, 2.75) is 13.8 Å². The van der Waals surface area contributed by atoms with E-state index >= 15 is 0 Å². The largest absolute Gasteiger partial charge is 0.453 e. The first-order valence-corrected chi connectivity index (χ1v) is 6.04. The first-order chi connectivity index (χ1) is 9.52. The molecule has 0 spiro atoms. The van der Waals surface area contributed by atoms with Crippen molar-refractivity contribution in [1.29, 1.82) is 0 Å². The molecule has 3 N–H and O–H groups in total. The first-order valence-electron chi connectivity index (χ1n) is 6.04. The lowest BCUT2D eigenvalue weighted by Crippen LogP contribution is -2.14. The van der Waals surface area contributed by atoms with Crippen LogP contribution in [-0.4, -0.2) is 11.0 Å². The highest BCUT2D eigenvalue weighted by molar-refractivity contribution is 6.00. The molecule has 0 amide bonds. The minimum absolute atomic E-state index is 0.0863. The number of para-hydroxylation sites is 1. The molecule has 2 aromatic rings. The van der Waals surface area contributed by atoms with E-state index < -0.39 is 5.82 Å².